The van der Waals surface area contributed by atoms with Gasteiger partial charge in [0.15, 0.2) is 0 Å². The minimum absolute atomic E-state index is 0.116. The Hall–Kier alpha value is -2.46. The number of benzene rings is 2. The highest BCUT2D eigenvalue weighted by atomic mass is 16.1. The van der Waals surface area contributed by atoms with Gasteiger partial charge >= 0.3 is 0 Å². The van der Waals surface area contributed by atoms with Gasteiger partial charge in [-0.25, -0.2) is 4.98 Å². The third-order valence-corrected chi connectivity index (χ3v) is 6.54. The summed E-state index contributed by atoms with van der Waals surface area (Å²) in [7, 11) is 0. The summed E-state index contributed by atoms with van der Waals surface area (Å²) in [6, 6.07) is 17.2. The van der Waals surface area contributed by atoms with Gasteiger partial charge in [0, 0.05) is 25.0 Å². The lowest BCUT2D eigenvalue weighted by Crippen LogP contribution is -2.42. The fourth-order valence-corrected chi connectivity index (χ4v) is 4.82. The molecule has 0 N–H and O–H groups in total. The van der Waals surface area contributed by atoms with Gasteiger partial charge in [-0.1, -0.05) is 50.2 Å². The summed E-state index contributed by atoms with van der Waals surface area (Å²) in [6.07, 6.45) is 3.21. The molecular weight excluding hydrogens is 382 g/mol. The lowest BCUT2D eigenvalue weighted by molar-refractivity contribution is 0.129. The fourth-order valence-electron chi connectivity index (χ4n) is 4.82. The average molecular weight is 418 g/mol. The molecule has 4 rings (SSSR count). The van der Waals surface area contributed by atoms with E-state index >= 15 is 0 Å². The Morgan fingerprint density at radius 1 is 1.03 bits per heavy atom. The summed E-state index contributed by atoms with van der Waals surface area (Å²) in [5.41, 5.74) is 3.34. The van der Waals surface area contributed by atoms with Crippen molar-refractivity contribution in [1.29, 1.82) is 0 Å². The van der Waals surface area contributed by atoms with Crippen LogP contribution in [0.15, 0.2) is 53.3 Å². The Morgan fingerprint density at radius 3 is 2.52 bits per heavy atom. The van der Waals surface area contributed by atoms with E-state index in [4.69, 9.17) is 4.98 Å². The van der Waals surface area contributed by atoms with Crippen molar-refractivity contribution < 1.29 is 0 Å². The molecule has 1 fully saturated rings. The molecule has 1 aromatic heterocycles. The van der Waals surface area contributed by atoms with Crippen LogP contribution >= 0.6 is 0 Å². The number of aromatic nitrogens is 2. The van der Waals surface area contributed by atoms with Crippen LogP contribution in [-0.2, 0) is 13.0 Å². The zero-order valence-electron chi connectivity index (χ0n) is 19.3. The quantitative estimate of drug-likeness (QED) is 0.551. The summed E-state index contributed by atoms with van der Waals surface area (Å²) in [6.45, 7) is 11.8. The molecule has 31 heavy (non-hydrogen) atoms. The van der Waals surface area contributed by atoms with Gasteiger partial charge in [-0.2, -0.15) is 0 Å². The summed E-state index contributed by atoms with van der Waals surface area (Å²) in [5, 5.41) is 0.745. The van der Waals surface area contributed by atoms with Crippen LogP contribution < -0.4 is 5.56 Å². The highest BCUT2D eigenvalue weighted by Crippen LogP contribution is 2.23. The van der Waals surface area contributed by atoms with Gasteiger partial charge in [0.05, 0.1) is 10.9 Å². The maximum absolute atomic E-state index is 13.7. The molecule has 0 saturated carbocycles. The van der Waals surface area contributed by atoms with Gasteiger partial charge in [-0.3, -0.25) is 9.36 Å². The lowest BCUT2D eigenvalue weighted by atomic mass is 9.96. The molecular formula is C27H35N3O. The van der Waals surface area contributed by atoms with E-state index in [0.717, 1.165) is 41.8 Å². The number of piperidine rings is 1. The first-order valence-electron chi connectivity index (χ1n) is 11.7. The zero-order valence-corrected chi connectivity index (χ0v) is 19.3. The van der Waals surface area contributed by atoms with E-state index in [0.29, 0.717) is 12.0 Å². The maximum atomic E-state index is 13.7. The fraction of sp³-hybridized carbons (Fsp3) is 0.481. The largest absolute Gasteiger partial charge is 0.301 e. The van der Waals surface area contributed by atoms with E-state index in [-0.39, 0.29) is 11.5 Å². The van der Waals surface area contributed by atoms with Crippen molar-refractivity contribution in [2.24, 2.45) is 5.92 Å². The molecule has 1 aliphatic rings. The predicted octanol–water partition coefficient (Wildman–Crippen LogP) is 5.23. The number of likely N-dealkylation sites (tertiary alicyclic amines) is 1. The molecule has 0 amide bonds. The smallest absolute Gasteiger partial charge is 0.261 e. The molecule has 164 valence electrons. The Balaban J connectivity index is 1.70. The Bertz CT molecular complexity index is 1080. The molecule has 1 saturated heterocycles. The molecule has 1 atom stereocenters. The minimum Gasteiger partial charge on any atom is -0.301 e. The van der Waals surface area contributed by atoms with Crippen LogP contribution in [0.2, 0.25) is 0 Å². The molecule has 0 aliphatic carbocycles. The van der Waals surface area contributed by atoms with Gasteiger partial charge < -0.3 is 4.90 Å². The highest BCUT2D eigenvalue weighted by Gasteiger charge is 2.24. The van der Waals surface area contributed by atoms with E-state index in [2.05, 4.69) is 69.0 Å². The molecule has 4 heteroatoms. The second-order valence-electron chi connectivity index (χ2n) is 9.65. The van der Waals surface area contributed by atoms with Crippen LogP contribution in [0, 0.1) is 5.92 Å². The van der Waals surface area contributed by atoms with Crippen molar-refractivity contribution in [3.63, 3.8) is 0 Å². The highest BCUT2D eigenvalue weighted by molar-refractivity contribution is 5.78. The van der Waals surface area contributed by atoms with E-state index in [1.807, 2.05) is 16.7 Å². The monoisotopic (exact) mass is 417 g/mol. The molecule has 0 radical (unpaired) electrons. The molecule has 4 nitrogen and oxygen atoms in total. The topological polar surface area (TPSA) is 38.1 Å². The Labute approximate surface area is 185 Å². The zero-order chi connectivity index (χ0) is 22.0. The van der Waals surface area contributed by atoms with Crippen molar-refractivity contribution in [1.82, 2.24) is 14.5 Å². The van der Waals surface area contributed by atoms with Crippen molar-refractivity contribution in [3.05, 3.63) is 75.8 Å². The molecule has 2 heterocycles. The second-order valence-corrected chi connectivity index (χ2v) is 9.65. The molecule has 0 bridgehead atoms. The van der Waals surface area contributed by atoms with Crippen molar-refractivity contribution in [3.8, 4) is 0 Å². The number of hydrogen-bond donors (Lipinski definition) is 0. The molecule has 0 unspecified atom stereocenters. The lowest BCUT2D eigenvalue weighted by Gasteiger charge is -2.36. The number of nitrogens with zero attached hydrogens (tertiary/aromatic N) is 3. The molecule has 0 spiro atoms. The third-order valence-electron chi connectivity index (χ3n) is 6.54. The Morgan fingerprint density at radius 2 is 1.81 bits per heavy atom. The van der Waals surface area contributed by atoms with Gasteiger partial charge in [0.2, 0.25) is 0 Å². The van der Waals surface area contributed by atoms with Gasteiger partial charge in [0.25, 0.3) is 5.56 Å². The van der Waals surface area contributed by atoms with Crippen molar-refractivity contribution >= 4 is 10.9 Å². The van der Waals surface area contributed by atoms with E-state index < -0.39 is 0 Å². The number of rotatable bonds is 6. The summed E-state index contributed by atoms with van der Waals surface area (Å²) >= 11 is 0. The normalized spacial score (nSPS) is 17.7. The van der Waals surface area contributed by atoms with Crippen LogP contribution in [0.1, 0.15) is 63.4 Å². The molecule has 2 aromatic carbocycles. The molecule has 3 aromatic rings. The number of hydrogen-bond acceptors (Lipinski definition) is 3. The van der Waals surface area contributed by atoms with Crippen LogP contribution in [0.3, 0.4) is 0 Å². The summed E-state index contributed by atoms with van der Waals surface area (Å²) in [5.74, 6) is 1.62. The van der Waals surface area contributed by atoms with Crippen molar-refractivity contribution in [2.45, 2.75) is 65.5 Å². The van der Waals surface area contributed by atoms with E-state index in [9.17, 15) is 4.79 Å². The van der Waals surface area contributed by atoms with E-state index in [1.54, 1.807) is 0 Å². The first-order chi connectivity index (χ1) is 14.9. The molecule has 1 aliphatic heterocycles. The van der Waals surface area contributed by atoms with Crippen LogP contribution in [-0.4, -0.2) is 33.6 Å². The predicted molar refractivity (Wildman–Crippen MR) is 129 cm³/mol. The van der Waals surface area contributed by atoms with Crippen molar-refractivity contribution in [2.75, 3.05) is 13.1 Å². The summed E-state index contributed by atoms with van der Waals surface area (Å²) in [4.78, 5) is 21.2. The van der Waals surface area contributed by atoms with E-state index in [1.165, 1.54) is 24.9 Å². The van der Waals surface area contributed by atoms with Crippen LogP contribution in [0.4, 0.5) is 0 Å². The second kappa shape index (κ2) is 9.35. The van der Waals surface area contributed by atoms with Gasteiger partial charge in [-0.05, 0) is 68.8 Å². The van der Waals surface area contributed by atoms with Crippen LogP contribution in [0.5, 0.6) is 0 Å². The van der Waals surface area contributed by atoms with Gasteiger partial charge in [-0.15, -0.1) is 0 Å². The maximum Gasteiger partial charge on any atom is 0.261 e. The first-order valence-corrected chi connectivity index (χ1v) is 11.7. The van der Waals surface area contributed by atoms with Gasteiger partial charge in [0.1, 0.15) is 5.82 Å². The van der Waals surface area contributed by atoms with Crippen LogP contribution in [0.25, 0.3) is 10.9 Å². The Kier molecular flexibility index (Phi) is 6.57. The minimum atomic E-state index is 0.116. The third kappa shape index (κ3) is 4.90. The summed E-state index contributed by atoms with van der Waals surface area (Å²) < 4.78 is 1.98. The number of fused-ring (bicyclic) bond motifs is 1. The standard InChI is InChI=1S/C27H35N3O/c1-19(2)26-28-25-13-12-22(15-21-9-6-5-7-10-21)16-24(25)27(31)30(26)18-23-11-8-14-29(17-23)20(3)4/h5-7,9-10,12-13,16,19-20,23H,8,11,14-15,17-18H2,1-4H3/t23-/m0/s1. The first kappa shape index (κ1) is 21.8. The SMILES string of the molecule is CC(C)c1nc2ccc(Cc3ccccc3)cc2c(=O)n1C[C@H]1CCCN(C(C)C)C1. The average Bonchev–Trinajstić information content (AvgIpc) is 2.76.